The van der Waals surface area contributed by atoms with E-state index < -0.39 is 0 Å². The average Bonchev–Trinajstić information content (AvgIpc) is 2.49. The van der Waals surface area contributed by atoms with Gasteiger partial charge in [0.1, 0.15) is 5.82 Å². The molecule has 0 aliphatic heterocycles. The van der Waals surface area contributed by atoms with Crippen LogP contribution in [0.25, 0.3) is 5.52 Å². The summed E-state index contributed by atoms with van der Waals surface area (Å²) in [5.74, 6) is 1.42. The van der Waals surface area contributed by atoms with Crippen LogP contribution in [0.1, 0.15) is 25.6 Å². The predicted octanol–water partition coefficient (Wildman–Crippen LogP) is 1.85. The van der Waals surface area contributed by atoms with Crippen LogP contribution in [0.15, 0.2) is 24.5 Å². The Morgan fingerprint density at radius 2 is 2.00 bits per heavy atom. The second-order valence-corrected chi connectivity index (χ2v) is 3.13. The SMILES string of the molecule is CC(C)c1nccc2ccnn12. The molecule has 0 aromatic carbocycles. The molecule has 0 amide bonds. The summed E-state index contributed by atoms with van der Waals surface area (Å²) < 4.78 is 1.88. The maximum atomic E-state index is 4.28. The van der Waals surface area contributed by atoms with Crippen LogP contribution in [-0.2, 0) is 0 Å². The molecular formula is C9H11N3. The van der Waals surface area contributed by atoms with E-state index >= 15 is 0 Å². The van der Waals surface area contributed by atoms with Gasteiger partial charge in [-0.1, -0.05) is 13.8 Å². The molecule has 0 saturated heterocycles. The molecule has 0 radical (unpaired) electrons. The zero-order chi connectivity index (χ0) is 8.55. The van der Waals surface area contributed by atoms with E-state index in [1.54, 1.807) is 6.20 Å². The number of hydrogen-bond donors (Lipinski definition) is 0. The topological polar surface area (TPSA) is 30.2 Å². The Morgan fingerprint density at radius 1 is 1.25 bits per heavy atom. The fraction of sp³-hybridized carbons (Fsp3) is 0.333. The van der Waals surface area contributed by atoms with Gasteiger partial charge in [0.15, 0.2) is 0 Å². The molecular weight excluding hydrogens is 150 g/mol. The highest BCUT2D eigenvalue weighted by atomic mass is 15.2. The van der Waals surface area contributed by atoms with Gasteiger partial charge >= 0.3 is 0 Å². The van der Waals surface area contributed by atoms with E-state index in [1.807, 2.05) is 22.8 Å². The smallest absolute Gasteiger partial charge is 0.132 e. The molecule has 2 aromatic heterocycles. The molecule has 2 aromatic rings. The Labute approximate surface area is 71.1 Å². The third kappa shape index (κ3) is 0.978. The molecule has 2 heterocycles. The van der Waals surface area contributed by atoms with Crippen LogP contribution in [0.3, 0.4) is 0 Å². The lowest BCUT2D eigenvalue weighted by molar-refractivity contribution is 0.713. The van der Waals surface area contributed by atoms with E-state index in [0.717, 1.165) is 11.3 Å². The first kappa shape index (κ1) is 7.28. The Bertz CT molecular complexity index is 389. The van der Waals surface area contributed by atoms with Gasteiger partial charge in [0.2, 0.25) is 0 Å². The molecule has 2 rings (SSSR count). The van der Waals surface area contributed by atoms with Crippen LogP contribution in [0.4, 0.5) is 0 Å². The fourth-order valence-electron chi connectivity index (χ4n) is 1.27. The lowest BCUT2D eigenvalue weighted by Gasteiger charge is -2.05. The van der Waals surface area contributed by atoms with E-state index in [2.05, 4.69) is 23.9 Å². The number of rotatable bonds is 1. The Kier molecular flexibility index (Phi) is 1.57. The third-order valence-electron chi connectivity index (χ3n) is 1.86. The molecule has 3 nitrogen and oxygen atoms in total. The zero-order valence-corrected chi connectivity index (χ0v) is 7.23. The summed E-state index contributed by atoms with van der Waals surface area (Å²) in [6.07, 6.45) is 3.62. The van der Waals surface area contributed by atoms with Crippen molar-refractivity contribution in [2.45, 2.75) is 19.8 Å². The van der Waals surface area contributed by atoms with Gasteiger partial charge in [0.25, 0.3) is 0 Å². The van der Waals surface area contributed by atoms with Gasteiger partial charge < -0.3 is 0 Å². The van der Waals surface area contributed by atoms with Crippen molar-refractivity contribution in [3.63, 3.8) is 0 Å². The number of nitrogens with zero attached hydrogens (tertiary/aromatic N) is 3. The second-order valence-electron chi connectivity index (χ2n) is 3.13. The molecule has 3 heteroatoms. The highest BCUT2D eigenvalue weighted by molar-refractivity contribution is 5.44. The van der Waals surface area contributed by atoms with E-state index in [9.17, 15) is 0 Å². The molecule has 0 fully saturated rings. The zero-order valence-electron chi connectivity index (χ0n) is 7.23. The van der Waals surface area contributed by atoms with Gasteiger partial charge in [-0.05, 0) is 12.1 Å². The van der Waals surface area contributed by atoms with Crippen LogP contribution < -0.4 is 0 Å². The summed E-state index contributed by atoms with van der Waals surface area (Å²) in [5.41, 5.74) is 1.11. The van der Waals surface area contributed by atoms with Gasteiger partial charge in [-0.15, -0.1) is 0 Å². The molecule has 0 aliphatic rings. The molecule has 62 valence electrons. The first-order valence-electron chi connectivity index (χ1n) is 4.07. The first-order chi connectivity index (χ1) is 5.79. The summed E-state index contributed by atoms with van der Waals surface area (Å²) in [5, 5.41) is 4.19. The molecule has 12 heavy (non-hydrogen) atoms. The van der Waals surface area contributed by atoms with Crippen molar-refractivity contribution in [3.05, 3.63) is 30.4 Å². The monoisotopic (exact) mass is 161 g/mol. The molecule has 0 saturated carbocycles. The normalized spacial score (nSPS) is 11.2. The van der Waals surface area contributed by atoms with E-state index in [4.69, 9.17) is 0 Å². The summed E-state index contributed by atoms with van der Waals surface area (Å²) in [6, 6.07) is 3.94. The van der Waals surface area contributed by atoms with Crippen LogP contribution in [0, 0.1) is 0 Å². The quantitative estimate of drug-likeness (QED) is 0.639. The van der Waals surface area contributed by atoms with Crippen LogP contribution in [0.2, 0.25) is 0 Å². The molecule has 0 atom stereocenters. The highest BCUT2D eigenvalue weighted by Gasteiger charge is 2.05. The predicted molar refractivity (Wildman–Crippen MR) is 47.1 cm³/mol. The Balaban J connectivity index is 2.73. The summed E-state index contributed by atoms with van der Waals surface area (Å²) in [7, 11) is 0. The van der Waals surface area contributed by atoms with E-state index in [0.29, 0.717) is 5.92 Å². The fourth-order valence-corrected chi connectivity index (χ4v) is 1.27. The average molecular weight is 161 g/mol. The minimum absolute atomic E-state index is 0.411. The lowest BCUT2D eigenvalue weighted by Crippen LogP contribution is -2.02. The number of fused-ring (bicyclic) bond motifs is 1. The number of aromatic nitrogens is 3. The van der Waals surface area contributed by atoms with Crippen molar-refractivity contribution in [3.8, 4) is 0 Å². The molecule has 0 bridgehead atoms. The van der Waals surface area contributed by atoms with Crippen molar-refractivity contribution >= 4 is 5.52 Å². The van der Waals surface area contributed by atoms with Crippen molar-refractivity contribution in [1.82, 2.24) is 14.6 Å². The highest BCUT2D eigenvalue weighted by Crippen LogP contribution is 2.12. The Morgan fingerprint density at radius 3 is 2.75 bits per heavy atom. The van der Waals surface area contributed by atoms with Crippen molar-refractivity contribution < 1.29 is 0 Å². The van der Waals surface area contributed by atoms with Crippen molar-refractivity contribution in [2.24, 2.45) is 0 Å². The number of hydrogen-bond acceptors (Lipinski definition) is 2. The van der Waals surface area contributed by atoms with Gasteiger partial charge in [-0.3, -0.25) is 0 Å². The first-order valence-corrected chi connectivity index (χ1v) is 4.07. The summed E-state index contributed by atoms with van der Waals surface area (Å²) in [6.45, 7) is 4.23. The largest absolute Gasteiger partial charge is 0.241 e. The van der Waals surface area contributed by atoms with Gasteiger partial charge in [0, 0.05) is 12.1 Å². The van der Waals surface area contributed by atoms with Gasteiger partial charge in [-0.2, -0.15) is 5.10 Å². The summed E-state index contributed by atoms with van der Waals surface area (Å²) in [4.78, 5) is 4.28. The Hall–Kier alpha value is -1.38. The van der Waals surface area contributed by atoms with E-state index in [-0.39, 0.29) is 0 Å². The molecule has 0 N–H and O–H groups in total. The molecule has 0 spiro atoms. The van der Waals surface area contributed by atoms with Gasteiger partial charge in [-0.25, -0.2) is 9.50 Å². The minimum atomic E-state index is 0.411. The van der Waals surface area contributed by atoms with Crippen molar-refractivity contribution in [1.29, 1.82) is 0 Å². The second kappa shape index (κ2) is 2.59. The maximum absolute atomic E-state index is 4.28. The minimum Gasteiger partial charge on any atom is -0.241 e. The van der Waals surface area contributed by atoms with Crippen LogP contribution >= 0.6 is 0 Å². The standard InChI is InChI=1S/C9H11N3/c1-7(2)9-10-5-3-8-4-6-11-12(8)9/h3-7H,1-2H3. The third-order valence-corrected chi connectivity index (χ3v) is 1.86. The van der Waals surface area contributed by atoms with Crippen LogP contribution in [-0.4, -0.2) is 14.6 Å². The van der Waals surface area contributed by atoms with Crippen molar-refractivity contribution in [2.75, 3.05) is 0 Å². The van der Waals surface area contributed by atoms with E-state index in [1.165, 1.54) is 0 Å². The molecule has 0 aliphatic carbocycles. The summed E-state index contributed by atoms with van der Waals surface area (Å²) >= 11 is 0. The van der Waals surface area contributed by atoms with Crippen LogP contribution in [0.5, 0.6) is 0 Å². The maximum Gasteiger partial charge on any atom is 0.132 e. The lowest BCUT2D eigenvalue weighted by atomic mass is 10.2. The molecule has 0 unspecified atom stereocenters. The van der Waals surface area contributed by atoms with Gasteiger partial charge in [0.05, 0.1) is 11.7 Å².